The van der Waals surface area contributed by atoms with E-state index in [9.17, 15) is 18.0 Å². The second-order valence-electron chi connectivity index (χ2n) is 4.02. The molecule has 0 unspecified atom stereocenters. The summed E-state index contributed by atoms with van der Waals surface area (Å²) in [5, 5.41) is 11.5. The first kappa shape index (κ1) is 15.2. The van der Waals surface area contributed by atoms with Crippen molar-refractivity contribution in [1.82, 2.24) is 9.97 Å². The smallest absolute Gasteiger partial charge is 0.389 e. The molecule has 1 aromatic heterocycles. The van der Waals surface area contributed by atoms with Crippen molar-refractivity contribution in [3.05, 3.63) is 17.5 Å². The Balaban J connectivity index is 2.43. The summed E-state index contributed by atoms with van der Waals surface area (Å²) in [6.45, 7) is 1.88. The number of hydrogen-bond acceptors (Lipinski definition) is 4. The van der Waals surface area contributed by atoms with Crippen LogP contribution in [0.4, 0.5) is 19.1 Å². The second-order valence-corrected chi connectivity index (χ2v) is 4.02. The van der Waals surface area contributed by atoms with Crippen LogP contribution < -0.4 is 5.32 Å². The lowest BCUT2D eigenvalue weighted by Gasteiger charge is -2.08. The molecule has 0 aliphatic rings. The molecule has 19 heavy (non-hydrogen) atoms. The van der Waals surface area contributed by atoms with Crippen molar-refractivity contribution in [2.75, 3.05) is 11.9 Å². The second kappa shape index (κ2) is 6.35. The van der Waals surface area contributed by atoms with Gasteiger partial charge in [-0.1, -0.05) is 0 Å². The minimum absolute atomic E-state index is 0.00804. The number of aryl methyl sites for hydroxylation is 1. The van der Waals surface area contributed by atoms with Gasteiger partial charge in [0.15, 0.2) is 5.69 Å². The summed E-state index contributed by atoms with van der Waals surface area (Å²) in [5.74, 6) is -1.06. The van der Waals surface area contributed by atoms with E-state index < -0.39 is 18.6 Å². The Kier molecular flexibility index (Phi) is 5.08. The van der Waals surface area contributed by atoms with Crippen LogP contribution in [0.25, 0.3) is 0 Å². The Morgan fingerprint density at radius 2 is 2.05 bits per heavy atom. The number of alkyl halides is 3. The predicted molar refractivity (Wildman–Crippen MR) is 62.1 cm³/mol. The van der Waals surface area contributed by atoms with Crippen LogP contribution in [0.1, 0.15) is 35.4 Å². The highest BCUT2D eigenvalue weighted by atomic mass is 19.4. The number of nitrogens with one attached hydrogen (secondary N) is 1. The minimum Gasteiger partial charge on any atom is -0.477 e. The van der Waals surface area contributed by atoms with Gasteiger partial charge in [0.25, 0.3) is 0 Å². The van der Waals surface area contributed by atoms with E-state index >= 15 is 0 Å². The lowest BCUT2D eigenvalue weighted by Crippen LogP contribution is -2.11. The van der Waals surface area contributed by atoms with Crippen molar-refractivity contribution in [2.45, 2.75) is 32.4 Å². The summed E-state index contributed by atoms with van der Waals surface area (Å²) in [5.41, 5.74) is 0.329. The van der Waals surface area contributed by atoms with Crippen molar-refractivity contribution < 1.29 is 23.1 Å². The van der Waals surface area contributed by atoms with E-state index in [-0.39, 0.29) is 24.6 Å². The van der Waals surface area contributed by atoms with Crippen molar-refractivity contribution in [3.63, 3.8) is 0 Å². The monoisotopic (exact) mass is 277 g/mol. The van der Waals surface area contributed by atoms with E-state index in [4.69, 9.17) is 5.11 Å². The van der Waals surface area contributed by atoms with Gasteiger partial charge in [-0.05, 0) is 25.8 Å². The molecule has 1 heterocycles. The van der Waals surface area contributed by atoms with Gasteiger partial charge >= 0.3 is 12.1 Å². The quantitative estimate of drug-likeness (QED) is 0.782. The normalized spacial score (nSPS) is 11.4. The lowest BCUT2D eigenvalue weighted by molar-refractivity contribution is -0.135. The molecule has 106 valence electrons. The third-order valence-electron chi connectivity index (χ3n) is 2.24. The molecule has 0 bridgehead atoms. The first-order valence-electron chi connectivity index (χ1n) is 5.67. The summed E-state index contributed by atoms with van der Waals surface area (Å²) >= 11 is 0. The molecule has 0 saturated carbocycles. The third kappa shape index (κ3) is 6.03. The molecule has 1 aromatic rings. The summed E-state index contributed by atoms with van der Waals surface area (Å²) < 4.78 is 35.7. The summed E-state index contributed by atoms with van der Waals surface area (Å²) in [6, 6.07) is 1.32. The average Bonchev–Trinajstić information content (AvgIpc) is 2.26. The number of carboxylic acids is 1. The highest BCUT2D eigenvalue weighted by Crippen LogP contribution is 2.22. The number of anilines is 1. The zero-order valence-electron chi connectivity index (χ0n) is 10.3. The minimum atomic E-state index is -4.14. The molecule has 0 aromatic carbocycles. The van der Waals surface area contributed by atoms with E-state index in [1.807, 2.05) is 0 Å². The van der Waals surface area contributed by atoms with Gasteiger partial charge in [-0.25, -0.2) is 14.8 Å². The topological polar surface area (TPSA) is 75.1 Å². The van der Waals surface area contributed by atoms with E-state index in [0.29, 0.717) is 12.1 Å². The fraction of sp³-hybridized carbons (Fsp3) is 0.545. The van der Waals surface area contributed by atoms with Crippen molar-refractivity contribution in [1.29, 1.82) is 0 Å². The molecule has 0 spiro atoms. The standard InChI is InChI=1S/C11H14F3N3O2/c1-7-6-8(9(18)19)17-10(16-7)15-5-3-2-4-11(12,13)14/h6H,2-5H2,1H3,(H,18,19)(H,15,16,17). The Morgan fingerprint density at radius 1 is 1.37 bits per heavy atom. The Bertz CT molecular complexity index is 449. The molecular weight excluding hydrogens is 263 g/mol. The van der Waals surface area contributed by atoms with Crippen LogP contribution in [0.2, 0.25) is 0 Å². The molecule has 0 atom stereocenters. The van der Waals surface area contributed by atoms with E-state index in [0.717, 1.165) is 0 Å². The molecule has 0 aliphatic heterocycles. The molecule has 0 radical (unpaired) electrons. The van der Waals surface area contributed by atoms with Gasteiger partial charge in [-0.3, -0.25) is 0 Å². The molecular formula is C11H14F3N3O2. The lowest BCUT2D eigenvalue weighted by atomic mass is 10.2. The molecule has 2 N–H and O–H groups in total. The zero-order valence-corrected chi connectivity index (χ0v) is 10.3. The van der Waals surface area contributed by atoms with Crippen molar-refractivity contribution in [2.24, 2.45) is 0 Å². The van der Waals surface area contributed by atoms with Gasteiger partial charge in [-0.15, -0.1) is 0 Å². The maximum absolute atomic E-state index is 11.9. The van der Waals surface area contributed by atoms with E-state index in [2.05, 4.69) is 15.3 Å². The first-order valence-corrected chi connectivity index (χ1v) is 5.67. The maximum atomic E-state index is 11.9. The van der Waals surface area contributed by atoms with Gasteiger partial charge in [0.05, 0.1) is 0 Å². The molecule has 0 saturated heterocycles. The molecule has 5 nitrogen and oxygen atoms in total. The van der Waals surface area contributed by atoms with Crippen LogP contribution in [0, 0.1) is 6.92 Å². The number of aromatic nitrogens is 2. The van der Waals surface area contributed by atoms with E-state index in [1.54, 1.807) is 6.92 Å². The van der Waals surface area contributed by atoms with E-state index in [1.165, 1.54) is 6.07 Å². The summed E-state index contributed by atoms with van der Waals surface area (Å²) in [4.78, 5) is 18.4. The largest absolute Gasteiger partial charge is 0.477 e. The van der Waals surface area contributed by atoms with Crippen LogP contribution in [0.5, 0.6) is 0 Å². The van der Waals surface area contributed by atoms with Gasteiger partial charge in [0, 0.05) is 18.7 Å². The molecule has 0 aliphatic carbocycles. The first-order chi connectivity index (χ1) is 8.78. The number of hydrogen-bond donors (Lipinski definition) is 2. The van der Waals surface area contributed by atoms with Crippen LogP contribution >= 0.6 is 0 Å². The third-order valence-corrected chi connectivity index (χ3v) is 2.24. The molecule has 0 fully saturated rings. The molecule has 1 rings (SSSR count). The summed E-state index contributed by atoms with van der Waals surface area (Å²) in [6.07, 6.45) is -4.66. The van der Waals surface area contributed by atoms with Crippen molar-refractivity contribution >= 4 is 11.9 Å². The summed E-state index contributed by atoms with van der Waals surface area (Å²) in [7, 11) is 0. The maximum Gasteiger partial charge on any atom is 0.389 e. The van der Waals surface area contributed by atoms with Crippen LogP contribution in [0.15, 0.2) is 6.07 Å². The van der Waals surface area contributed by atoms with Gasteiger partial charge in [-0.2, -0.15) is 13.2 Å². The Labute approximate surface area is 107 Å². The number of halogens is 3. The zero-order chi connectivity index (χ0) is 14.5. The van der Waals surface area contributed by atoms with Gasteiger partial charge in [0.1, 0.15) is 0 Å². The highest BCUT2D eigenvalue weighted by molar-refractivity contribution is 5.85. The number of carboxylic acid groups (broad SMARTS) is 1. The SMILES string of the molecule is Cc1cc(C(=O)O)nc(NCCCCC(F)(F)F)n1. The fourth-order valence-electron chi connectivity index (χ4n) is 1.41. The Hall–Kier alpha value is -1.86. The Morgan fingerprint density at radius 3 is 2.63 bits per heavy atom. The number of rotatable bonds is 6. The molecule has 8 heteroatoms. The van der Waals surface area contributed by atoms with Crippen LogP contribution in [-0.4, -0.2) is 33.8 Å². The number of nitrogens with zero attached hydrogens (tertiary/aromatic N) is 2. The van der Waals surface area contributed by atoms with Gasteiger partial charge < -0.3 is 10.4 Å². The average molecular weight is 277 g/mol. The predicted octanol–water partition coefficient (Wildman–Crippen LogP) is 2.63. The van der Waals surface area contributed by atoms with Gasteiger partial charge in [0.2, 0.25) is 5.95 Å². The molecule has 0 amide bonds. The van der Waals surface area contributed by atoms with Crippen molar-refractivity contribution in [3.8, 4) is 0 Å². The van der Waals surface area contributed by atoms with Crippen LogP contribution in [-0.2, 0) is 0 Å². The fourth-order valence-corrected chi connectivity index (χ4v) is 1.41. The highest BCUT2D eigenvalue weighted by Gasteiger charge is 2.25. The number of carbonyl (C=O) groups is 1. The number of aromatic carboxylic acids is 1. The van der Waals surface area contributed by atoms with Crippen LogP contribution in [0.3, 0.4) is 0 Å². The number of unbranched alkanes of at least 4 members (excludes halogenated alkanes) is 1.